The first-order valence-corrected chi connectivity index (χ1v) is 12.5. The summed E-state index contributed by atoms with van der Waals surface area (Å²) in [7, 11) is 2.73. The van der Waals surface area contributed by atoms with Gasteiger partial charge in [0.1, 0.15) is 11.4 Å². The summed E-state index contributed by atoms with van der Waals surface area (Å²) in [6.45, 7) is 4.19. The maximum absolute atomic E-state index is 13.1. The summed E-state index contributed by atoms with van der Waals surface area (Å²) in [5.74, 6) is 0.0118. The molecule has 0 aliphatic heterocycles. The molecule has 0 amide bonds. The summed E-state index contributed by atoms with van der Waals surface area (Å²) < 4.78 is 3.85. The molecule has 0 saturated carbocycles. The molecule has 4 aromatic rings. The van der Waals surface area contributed by atoms with Crippen LogP contribution in [0.15, 0.2) is 63.3 Å². The number of hydrogen-bond acceptors (Lipinski definition) is 7. The van der Waals surface area contributed by atoms with Gasteiger partial charge in [-0.3, -0.25) is 23.3 Å². The van der Waals surface area contributed by atoms with E-state index in [0.29, 0.717) is 16.0 Å². The zero-order valence-corrected chi connectivity index (χ0v) is 21.8. The van der Waals surface area contributed by atoms with Gasteiger partial charge in [-0.2, -0.15) is 0 Å². The van der Waals surface area contributed by atoms with Crippen molar-refractivity contribution < 1.29 is 4.79 Å². The SMILES string of the molecule is CC(C)c1ccccc1-n1c(SCC(=O)c2c(N)n(C)c(=O)n(C)c2=O)nnc1-c1ccc(Cl)cc1. The number of rotatable bonds is 7. The standard InChI is InChI=1S/C25H25ClN6O3S/c1-14(2)17-7-5-6-8-18(17)32-22(15-9-11-16(26)12-10-15)28-29-24(32)36-13-19(33)20-21(27)30(3)25(35)31(4)23(20)34/h5-12,14H,13,27H2,1-4H3. The van der Waals surface area contributed by atoms with E-state index in [4.69, 9.17) is 17.3 Å². The number of nitrogen functional groups attached to an aromatic ring is 1. The van der Waals surface area contributed by atoms with E-state index in [-0.39, 0.29) is 23.1 Å². The van der Waals surface area contributed by atoms with E-state index >= 15 is 0 Å². The fourth-order valence-corrected chi connectivity index (χ4v) is 4.81. The van der Waals surface area contributed by atoms with Crippen molar-refractivity contribution >= 4 is 35.0 Å². The highest BCUT2D eigenvalue weighted by Crippen LogP contribution is 2.32. The average molecular weight is 525 g/mol. The van der Waals surface area contributed by atoms with E-state index in [1.165, 1.54) is 14.1 Å². The number of hydrogen-bond donors (Lipinski definition) is 1. The maximum atomic E-state index is 13.1. The van der Waals surface area contributed by atoms with Gasteiger partial charge in [-0.25, -0.2) is 4.79 Å². The van der Waals surface area contributed by atoms with Gasteiger partial charge in [0.05, 0.1) is 11.4 Å². The lowest BCUT2D eigenvalue weighted by molar-refractivity contribution is 0.102. The molecule has 4 rings (SSSR count). The van der Waals surface area contributed by atoms with Crippen LogP contribution in [0.4, 0.5) is 5.82 Å². The zero-order valence-electron chi connectivity index (χ0n) is 20.2. The lowest BCUT2D eigenvalue weighted by atomic mass is 10.0. The number of para-hydroxylation sites is 1. The molecule has 0 radical (unpaired) electrons. The average Bonchev–Trinajstić information content (AvgIpc) is 3.29. The third kappa shape index (κ3) is 4.61. The van der Waals surface area contributed by atoms with E-state index in [1.807, 2.05) is 41.0 Å². The van der Waals surface area contributed by atoms with Crippen LogP contribution < -0.4 is 17.0 Å². The zero-order chi connectivity index (χ0) is 26.1. The van der Waals surface area contributed by atoms with Crippen molar-refractivity contribution in [1.29, 1.82) is 0 Å². The molecule has 9 nitrogen and oxygen atoms in total. The van der Waals surface area contributed by atoms with Gasteiger partial charge in [-0.15, -0.1) is 10.2 Å². The second-order valence-corrected chi connectivity index (χ2v) is 9.92. The second kappa shape index (κ2) is 10.2. The first kappa shape index (κ1) is 25.5. The van der Waals surface area contributed by atoms with Crippen LogP contribution in [0.3, 0.4) is 0 Å². The van der Waals surface area contributed by atoms with Crippen molar-refractivity contribution in [3.8, 4) is 17.1 Å². The van der Waals surface area contributed by atoms with Crippen LogP contribution in [0.2, 0.25) is 5.02 Å². The number of thioether (sulfide) groups is 1. The monoisotopic (exact) mass is 524 g/mol. The summed E-state index contributed by atoms with van der Waals surface area (Å²) in [6, 6.07) is 15.2. The Morgan fingerprint density at radius 2 is 1.69 bits per heavy atom. The molecule has 36 heavy (non-hydrogen) atoms. The Balaban J connectivity index is 1.79. The molecule has 2 heterocycles. The quantitative estimate of drug-likeness (QED) is 0.289. The van der Waals surface area contributed by atoms with Crippen LogP contribution in [0.1, 0.15) is 35.7 Å². The van der Waals surface area contributed by atoms with E-state index in [2.05, 4.69) is 24.0 Å². The molecule has 0 aliphatic carbocycles. The molecule has 0 fully saturated rings. The third-order valence-corrected chi connectivity index (χ3v) is 7.04. The van der Waals surface area contributed by atoms with Crippen LogP contribution in [-0.2, 0) is 14.1 Å². The molecule has 0 aliphatic rings. The number of Topliss-reactive ketones (excluding diaryl/α,β-unsaturated/α-hetero) is 1. The fourth-order valence-electron chi connectivity index (χ4n) is 3.87. The minimum Gasteiger partial charge on any atom is -0.384 e. The van der Waals surface area contributed by atoms with Crippen LogP contribution >= 0.6 is 23.4 Å². The molecule has 11 heteroatoms. The molecule has 186 valence electrons. The second-order valence-electron chi connectivity index (χ2n) is 8.54. The van der Waals surface area contributed by atoms with Gasteiger partial charge >= 0.3 is 5.69 Å². The molecular formula is C25H25ClN6O3S. The number of carbonyl (C=O) groups excluding carboxylic acids is 1. The summed E-state index contributed by atoms with van der Waals surface area (Å²) >= 11 is 7.22. The Labute approximate surface area is 216 Å². The summed E-state index contributed by atoms with van der Waals surface area (Å²) in [4.78, 5) is 37.9. The molecule has 0 spiro atoms. The summed E-state index contributed by atoms with van der Waals surface area (Å²) in [5.41, 5.74) is 7.19. The highest BCUT2D eigenvalue weighted by atomic mass is 35.5. The fraction of sp³-hybridized carbons (Fsp3) is 0.240. The van der Waals surface area contributed by atoms with Crippen molar-refractivity contribution in [2.24, 2.45) is 14.1 Å². The lowest BCUT2D eigenvalue weighted by Crippen LogP contribution is -2.41. The van der Waals surface area contributed by atoms with Crippen molar-refractivity contribution in [1.82, 2.24) is 23.9 Å². The number of nitrogens with zero attached hydrogens (tertiary/aromatic N) is 5. The van der Waals surface area contributed by atoms with Crippen LogP contribution in [0, 0.1) is 0 Å². The van der Waals surface area contributed by atoms with Gasteiger partial charge in [0, 0.05) is 24.7 Å². The molecule has 0 atom stereocenters. The van der Waals surface area contributed by atoms with E-state index in [0.717, 1.165) is 37.7 Å². The van der Waals surface area contributed by atoms with Gasteiger partial charge in [0.2, 0.25) is 0 Å². The number of aromatic nitrogens is 5. The smallest absolute Gasteiger partial charge is 0.332 e. The highest BCUT2D eigenvalue weighted by molar-refractivity contribution is 7.99. The number of anilines is 1. The van der Waals surface area contributed by atoms with Crippen molar-refractivity contribution in [2.75, 3.05) is 11.5 Å². The molecule has 0 saturated heterocycles. The van der Waals surface area contributed by atoms with Gasteiger partial charge < -0.3 is 5.73 Å². The Morgan fingerprint density at radius 1 is 1.03 bits per heavy atom. The van der Waals surface area contributed by atoms with Gasteiger partial charge in [0.15, 0.2) is 16.8 Å². The summed E-state index contributed by atoms with van der Waals surface area (Å²) in [5, 5.41) is 9.87. The Kier molecular flexibility index (Phi) is 7.18. The lowest BCUT2D eigenvalue weighted by Gasteiger charge is -2.17. The third-order valence-electron chi connectivity index (χ3n) is 5.86. The first-order valence-electron chi connectivity index (χ1n) is 11.1. The molecule has 2 aromatic carbocycles. The van der Waals surface area contributed by atoms with Gasteiger partial charge in [0.25, 0.3) is 5.56 Å². The maximum Gasteiger partial charge on any atom is 0.332 e. The predicted octanol–water partition coefficient (Wildman–Crippen LogP) is 3.67. The number of ketones is 1. The molecule has 0 bridgehead atoms. The number of carbonyl (C=O) groups is 1. The Hall–Kier alpha value is -3.63. The number of benzene rings is 2. The van der Waals surface area contributed by atoms with Crippen LogP contribution in [0.25, 0.3) is 17.1 Å². The normalized spacial score (nSPS) is 11.3. The molecule has 2 N–H and O–H groups in total. The molecule has 0 unspecified atom stereocenters. The number of nitrogens with two attached hydrogens (primary N) is 1. The van der Waals surface area contributed by atoms with Crippen LogP contribution in [-0.4, -0.2) is 35.4 Å². The van der Waals surface area contributed by atoms with Crippen molar-refractivity contribution in [3.63, 3.8) is 0 Å². The predicted molar refractivity (Wildman–Crippen MR) is 142 cm³/mol. The van der Waals surface area contributed by atoms with E-state index < -0.39 is 17.0 Å². The van der Waals surface area contributed by atoms with Gasteiger partial charge in [-0.05, 0) is 41.8 Å². The summed E-state index contributed by atoms with van der Waals surface area (Å²) in [6.07, 6.45) is 0. The minimum absolute atomic E-state index is 0.125. The topological polar surface area (TPSA) is 118 Å². The van der Waals surface area contributed by atoms with E-state index in [1.54, 1.807) is 12.1 Å². The van der Waals surface area contributed by atoms with Crippen molar-refractivity contribution in [3.05, 3.63) is 85.5 Å². The van der Waals surface area contributed by atoms with Gasteiger partial charge in [-0.1, -0.05) is 55.4 Å². The number of halogens is 1. The van der Waals surface area contributed by atoms with E-state index in [9.17, 15) is 14.4 Å². The first-order chi connectivity index (χ1) is 17.1. The van der Waals surface area contributed by atoms with Crippen LogP contribution in [0.5, 0.6) is 0 Å². The Morgan fingerprint density at radius 3 is 2.36 bits per heavy atom. The highest BCUT2D eigenvalue weighted by Gasteiger charge is 2.23. The molecule has 2 aromatic heterocycles. The Bertz CT molecular complexity index is 1570. The molecular weight excluding hydrogens is 500 g/mol. The largest absolute Gasteiger partial charge is 0.384 e. The minimum atomic E-state index is -0.727. The van der Waals surface area contributed by atoms with Crippen molar-refractivity contribution in [2.45, 2.75) is 24.9 Å².